The van der Waals surface area contributed by atoms with Crippen LogP contribution in [0, 0.1) is 0 Å². The van der Waals surface area contributed by atoms with Crippen LogP contribution >= 0.6 is 0 Å². The van der Waals surface area contributed by atoms with Crippen molar-refractivity contribution in [3.8, 4) is 0 Å². The maximum atomic E-state index is 11.3. The fourth-order valence-corrected chi connectivity index (χ4v) is 2.06. The predicted octanol–water partition coefficient (Wildman–Crippen LogP) is 1.80. The molecule has 20 heavy (non-hydrogen) atoms. The van der Waals surface area contributed by atoms with Gasteiger partial charge in [0.25, 0.3) is 0 Å². The van der Waals surface area contributed by atoms with Crippen LogP contribution in [0.3, 0.4) is 0 Å². The van der Waals surface area contributed by atoms with Crippen LogP contribution < -0.4 is 0 Å². The summed E-state index contributed by atoms with van der Waals surface area (Å²) in [5.74, 6) is -0.584. The average Bonchev–Trinajstić information content (AvgIpc) is 2.36. The third kappa shape index (κ3) is 6.86. The number of hydrogen-bond acceptors (Lipinski definition) is 6. The van der Waals surface area contributed by atoms with Crippen LogP contribution in [-0.4, -0.2) is 43.7 Å². The Hall–Kier alpha value is -1.14. The van der Waals surface area contributed by atoms with Crippen molar-refractivity contribution in [3.05, 3.63) is 0 Å². The molecular formula is C14H24O6. The molecule has 6 nitrogen and oxygen atoms in total. The molecule has 3 atom stereocenters. The summed E-state index contributed by atoms with van der Waals surface area (Å²) in [7, 11) is 0. The molecule has 0 spiro atoms. The third-order valence-electron chi connectivity index (χ3n) is 2.93. The van der Waals surface area contributed by atoms with Gasteiger partial charge in [-0.1, -0.05) is 0 Å². The summed E-state index contributed by atoms with van der Waals surface area (Å²) in [6, 6.07) is 0. The predicted molar refractivity (Wildman–Crippen MR) is 70.9 cm³/mol. The Morgan fingerprint density at radius 3 is 2.70 bits per heavy atom. The van der Waals surface area contributed by atoms with E-state index in [4.69, 9.17) is 18.9 Å². The Kier molecular flexibility index (Phi) is 7.54. The van der Waals surface area contributed by atoms with Crippen LogP contribution in [-0.2, 0) is 28.5 Å². The largest absolute Gasteiger partial charge is 0.466 e. The number of hydrogen-bond donors (Lipinski definition) is 0. The van der Waals surface area contributed by atoms with Crippen LogP contribution in [0.15, 0.2) is 0 Å². The van der Waals surface area contributed by atoms with Gasteiger partial charge in [-0.3, -0.25) is 9.59 Å². The smallest absolute Gasteiger partial charge is 0.308 e. The van der Waals surface area contributed by atoms with Gasteiger partial charge in [-0.25, -0.2) is 0 Å². The molecule has 0 N–H and O–H groups in total. The number of rotatable bonds is 7. The van der Waals surface area contributed by atoms with Crippen molar-refractivity contribution < 1.29 is 28.5 Å². The first-order valence-corrected chi connectivity index (χ1v) is 7.11. The SMILES string of the molecule is CCOC(=O)CC(C)OC1CCCC(COC(C)=O)O1. The lowest BCUT2D eigenvalue weighted by atomic mass is 10.1. The second kappa shape index (κ2) is 8.92. The zero-order valence-corrected chi connectivity index (χ0v) is 12.4. The highest BCUT2D eigenvalue weighted by Crippen LogP contribution is 2.22. The van der Waals surface area contributed by atoms with Gasteiger partial charge in [0.2, 0.25) is 0 Å². The van der Waals surface area contributed by atoms with Crippen molar-refractivity contribution in [2.45, 2.75) is 65.0 Å². The second-order valence-electron chi connectivity index (χ2n) is 4.88. The molecule has 116 valence electrons. The molecule has 1 rings (SSSR count). The molecule has 0 saturated carbocycles. The molecule has 0 bridgehead atoms. The highest BCUT2D eigenvalue weighted by atomic mass is 16.7. The first-order chi connectivity index (χ1) is 9.51. The van der Waals surface area contributed by atoms with E-state index in [9.17, 15) is 9.59 Å². The fourth-order valence-electron chi connectivity index (χ4n) is 2.06. The van der Waals surface area contributed by atoms with Crippen molar-refractivity contribution in [2.24, 2.45) is 0 Å². The summed E-state index contributed by atoms with van der Waals surface area (Å²) in [6.45, 7) is 5.58. The molecule has 1 aliphatic rings. The summed E-state index contributed by atoms with van der Waals surface area (Å²) in [6.07, 6.45) is 2.04. The molecule has 0 aromatic carbocycles. The topological polar surface area (TPSA) is 71.1 Å². The molecular weight excluding hydrogens is 264 g/mol. The minimum Gasteiger partial charge on any atom is -0.466 e. The third-order valence-corrected chi connectivity index (χ3v) is 2.93. The molecule has 1 saturated heterocycles. The van der Waals surface area contributed by atoms with Crippen molar-refractivity contribution in [1.29, 1.82) is 0 Å². The first-order valence-electron chi connectivity index (χ1n) is 7.11. The molecule has 0 aliphatic carbocycles. The summed E-state index contributed by atoms with van der Waals surface area (Å²) < 4.78 is 21.2. The second-order valence-corrected chi connectivity index (χ2v) is 4.88. The quantitative estimate of drug-likeness (QED) is 0.665. The Morgan fingerprint density at radius 2 is 2.05 bits per heavy atom. The van der Waals surface area contributed by atoms with Gasteiger partial charge >= 0.3 is 11.9 Å². The van der Waals surface area contributed by atoms with Crippen LogP contribution in [0.25, 0.3) is 0 Å². The Morgan fingerprint density at radius 1 is 1.30 bits per heavy atom. The maximum Gasteiger partial charge on any atom is 0.308 e. The van der Waals surface area contributed by atoms with E-state index in [0.717, 1.165) is 19.3 Å². The standard InChI is InChI=1S/C14H24O6/c1-4-17-13(16)8-10(2)19-14-7-5-6-12(20-14)9-18-11(3)15/h10,12,14H,4-9H2,1-3H3. The highest BCUT2D eigenvalue weighted by molar-refractivity contribution is 5.69. The van der Waals surface area contributed by atoms with Gasteiger partial charge in [-0.05, 0) is 33.1 Å². The van der Waals surface area contributed by atoms with Gasteiger partial charge in [0.15, 0.2) is 6.29 Å². The molecule has 1 fully saturated rings. The van der Waals surface area contributed by atoms with E-state index in [1.54, 1.807) is 6.92 Å². The van der Waals surface area contributed by atoms with Gasteiger partial charge in [0, 0.05) is 6.92 Å². The van der Waals surface area contributed by atoms with Crippen molar-refractivity contribution in [3.63, 3.8) is 0 Å². The number of carbonyl (C=O) groups excluding carboxylic acids is 2. The highest BCUT2D eigenvalue weighted by Gasteiger charge is 2.25. The number of carbonyl (C=O) groups is 2. The Bertz CT molecular complexity index is 317. The van der Waals surface area contributed by atoms with Crippen LogP contribution in [0.4, 0.5) is 0 Å². The first kappa shape index (κ1) is 16.9. The van der Waals surface area contributed by atoms with E-state index in [-0.39, 0.29) is 43.5 Å². The van der Waals surface area contributed by atoms with Gasteiger partial charge in [-0.15, -0.1) is 0 Å². The van der Waals surface area contributed by atoms with Gasteiger partial charge in [0.05, 0.1) is 25.2 Å². The van der Waals surface area contributed by atoms with Gasteiger partial charge in [-0.2, -0.15) is 0 Å². The lowest BCUT2D eigenvalue weighted by Crippen LogP contribution is -2.35. The van der Waals surface area contributed by atoms with Crippen LogP contribution in [0.1, 0.15) is 46.5 Å². The minimum atomic E-state index is -0.353. The monoisotopic (exact) mass is 288 g/mol. The van der Waals surface area contributed by atoms with Crippen molar-refractivity contribution in [2.75, 3.05) is 13.2 Å². The summed E-state index contributed by atoms with van der Waals surface area (Å²) in [5.41, 5.74) is 0. The molecule has 6 heteroatoms. The van der Waals surface area contributed by atoms with E-state index < -0.39 is 0 Å². The fraction of sp³-hybridized carbons (Fsp3) is 0.857. The zero-order valence-electron chi connectivity index (χ0n) is 12.4. The summed E-state index contributed by atoms with van der Waals surface area (Å²) in [5, 5.41) is 0. The lowest BCUT2D eigenvalue weighted by Gasteiger charge is -2.31. The van der Waals surface area contributed by atoms with Gasteiger partial charge < -0.3 is 18.9 Å². The van der Waals surface area contributed by atoms with E-state index in [2.05, 4.69) is 0 Å². The van der Waals surface area contributed by atoms with E-state index >= 15 is 0 Å². The van der Waals surface area contributed by atoms with Crippen molar-refractivity contribution >= 4 is 11.9 Å². The Balaban J connectivity index is 2.28. The van der Waals surface area contributed by atoms with Crippen molar-refractivity contribution in [1.82, 2.24) is 0 Å². The van der Waals surface area contributed by atoms with Crippen LogP contribution in [0.5, 0.6) is 0 Å². The average molecular weight is 288 g/mol. The molecule has 0 radical (unpaired) electrons. The molecule has 0 aromatic rings. The van der Waals surface area contributed by atoms with Crippen LogP contribution in [0.2, 0.25) is 0 Å². The molecule has 3 unspecified atom stereocenters. The lowest BCUT2D eigenvalue weighted by molar-refractivity contribution is -0.222. The van der Waals surface area contributed by atoms with E-state index in [0.29, 0.717) is 6.61 Å². The Labute approximate surface area is 119 Å². The number of ether oxygens (including phenoxy) is 4. The summed E-state index contributed by atoms with van der Waals surface area (Å²) >= 11 is 0. The minimum absolute atomic E-state index is 0.132. The van der Waals surface area contributed by atoms with E-state index in [1.165, 1.54) is 6.92 Å². The molecule has 1 aliphatic heterocycles. The normalized spacial score (nSPS) is 23.9. The summed E-state index contributed by atoms with van der Waals surface area (Å²) in [4.78, 5) is 22.1. The maximum absolute atomic E-state index is 11.3. The molecule has 0 aromatic heterocycles. The molecule has 1 heterocycles. The number of esters is 2. The zero-order chi connectivity index (χ0) is 15.0. The molecule has 0 amide bonds. The van der Waals surface area contributed by atoms with E-state index in [1.807, 2.05) is 6.92 Å². The van der Waals surface area contributed by atoms with Gasteiger partial charge in [0.1, 0.15) is 6.61 Å².